The molecule has 0 radical (unpaired) electrons. The van der Waals surface area contributed by atoms with Gasteiger partial charge in [-0.2, -0.15) is 0 Å². The summed E-state index contributed by atoms with van der Waals surface area (Å²) in [5.41, 5.74) is 0.174. The van der Waals surface area contributed by atoms with Crippen molar-refractivity contribution in [1.82, 2.24) is 4.90 Å². The molecule has 0 atom stereocenters. The van der Waals surface area contributed by atoms with Crippen LogP contribution in [0.3, 0.4) is 0 Å². The Hall–Kier alpha value is -1.63. The number of sulfone groups is 1. The lowest BCUT2D eigenvalue weighted by atomic mass is 10.2. The minimum absolute atomic E-state index is 0.0694. The molecule has 1 aromatic heterocycles. The van der Waals surface area contributed by atoms with Crippen molar-refractivity contribution >= 4 is 38.7 Å². The smallest absolute Gasteiger partial charge is 0.256 e. The van der Waals surface area contributed by atoms with Gasteiger partial charge in [0.05, 0.1) is 22.0 Å². The Morgan fingerprint density at radius 3 is 2.70 bits per heavy atom. The fourth-order valence-corrected chi connectivity index (χ4v) is 3.60. The van der Waals surface area contributed by atoms with E-state index in [2.05, 4.69) is 6.58 Å². The van der Waals surface area contributed by atoms with Crippen LogP contribution in [0.2, 0.25) is 5.02 Å². The van der Waals surface area contributed by atoms with Gasteiger partial charge in [0, 0.05) is 17.7 Å². The maximum Gasteiger partial charge on any atom is 0.256 e. The molecule has 122 valence electrons. The van der Waals surface area contributed by atoms with Gasteiger partial charge >= 0.3 is 0 Å². The average molecular weight is 370 g/mol. The van der Waals surface area contributed by atoms with E-state index in [9.17, 15) is 13.2 Å². The molecule has 0 saturated carbocycles. The van der Waals surface area contributed by atoms with Crippen molar-refractivity contribution in [2.24, 2.45) is 0 Å². The van der Waals surface area contributed by atoms with E-state index < -0.39 is 9.84 Å². The molecular weight excluding hydrogens is 354 g/mol. The van der Waals surface area contributed by atoms with E-state index in [1.54, 1.807) is 22.3 Å². The number of nitrogens with zero attached hydrogens (tertiary/aromatic N) is 1. The normalized spacial score (nSPS) is 11.2. The fourth-order valence-electron chi connectivity index (χ4n) is 2.04. The van der Waals surface area contributed by atoms with Crippen LogP contribution in [0.25, 0.3) is 0 Å². The van der Waals surface area contributed by atoms with Crippen LogP contribution >= 0.6 is 22.9 Å². The summed E-state index contributed by atoms with van der Waals surface area (Å²) in [6, 6.07) is 7.99. The molecule has 1 heterocycles. The van der Waals surface area contributed by atoms with E-state index in [1.807, 2.05) is 17.5 Å². The van der Waals surface area contributed by atoms with Crippen LogP contribution in [-0.2, 0) is 16.4 Å². The Bertz CT molecular complexity index is 814. The third-order valence-electron chi connectivity index (χ3n) is 3.16. The molecule has 0 spiro atoms. The van der Waals surface area contributed by atoms with Crippen LogP contribution in [0.1, 0.15) is 15.2 Å². The van der Waals surface area contributed by atoms with E-state index in [1.165, 1.54) is 18.2 Å². The SMILES string of the molecule is C=CCN(Cc1cccs1)C(=O)c1cc(S(C)(=O)=O)ccc1Cl. The molecule has 1 amide bonds. The standard InChI is InChI=1S/C16H16ClNO3S2/c1-3-8-18(11-12-5-4-9-22-12)16(19)14-10-13(23(2,20)21)6-7-15(14)17/h3-7,9-10H,1,8,11H2,2H3. The lowest BCUT2D eigenvalue weighted by molar-refractivity contribution is 0.0764. The summed E-state index contributed by atoms with van der Waals surface area (Å²) in [4.78, 5) is 15.4. The average Bonchev–Trinajstić information content (AvgIpc) is 2.98. The number of carbonyl (C=O) groups excluding carboxylic acids is 1. The Labute approximate surface area is 144 Å². The monoisotopic (exact) mass is 369 g/mol. The van der Waals surface area contributed by atoms with Gasteiger partial charge in [-0.25, -0.2) is 8.42 Å². The molecule has 0 bridgehead atoms. The highest BCUT2D eigenvalue weighted by molar-refractivity contribution is 7.90. The number of benzene rings is 1. The van der Waals surface area contributed by atoms with Gasteiger partial charge in [0.1, 0.15) is 0 Å². The van der Waals surface area contributed by atoms with Crippen LogP contribution in [0.5, 0.6) is 0 Å². The van der Waals surface area contributed by atoms with E-state index in [4.69, 9.17) is 11.6 Å². The second kappa shape index (κ2) is 7.29. The molecule has 1 aromatic carbocycles. The fraction of sp³-hybridized carbons (Fsp3) is 0.188. The van der Waals surface area contributed by atoms with Gasteiger partial charge in [-0.1, -0.05) is 23.7 Å². The lowest BCUT2D eigenvalue weighted by Crippen LogP contribution is -2.30. The number of halogens is 1. The van der Waals surface area contributed by atoms with E-state index in [0.29, 0.717) is 13.1 Å². The highest BCUT2D eigenvalue weighted by Crippen LogP contribution is 2.23. The largest absolute Gasteiger partial charge is 0.330 e. The molecule has 0 aliphatic rings. The predicted octanol–water partition coefficient (Wildman–Crippen LogP) is 3.63. The van der Waals surface area contributed by atoms with Gasteiger partial charge in [-0.3, -0.25) is 4.79 Å². The summed E-state index contributed by atoms with van der Waals surface area (Å²) in [6.45, 7) is 4.43. The molecular formula is C16H16ClNO3S2. The zero-order valence-electron chi connectivity index (χ0n) is 12.5. The van der Waals surface area contributed by atoms with Crippen molar-refractivity contribution in [3.05, 3.63) is 63.8 Å². The Morgan fingerprint density at radius 2 is 2.13 bits per heavy atom. The molecule has 2 rings (SSSR count). The van der Waals surface area contributed by atoms with Gasteiger partial charge in [0.15, 0.2) is 9.84 Å². The number of rotatable bonds is 6. The summed E-state index contributed by atoms with van der Waals surface area (Å²) >= 11 is 7.65. The van der Waals surface area contributed by atoms with Crippen LogP contribution in [0, 0.1) is 0 Å². The number of thiophene rings is 1. The molecule has 0 aliphatic heterocycles. The number of hydrogen-bond acceptors (Lipinski definition) is 4. The summed E-state index contributed by atoms with van der Waals surface area (Å²) < 4.78 is 23.4. The van der Waals surface area contributed by atoms with Gasteiger partial charge in [-0.15, -0.1) is 17.9 Å². The van der Waals surface area contributed by atoms with Crippen LogP contribution < -0.4 is 0 Å². The van der Waals surface area contributed by atoms with Gasteiger partial charge in [0.25, 0.3) is 5.91 Å². The van der Waals surface area contributed by atoms with Crippen LogP contribution in [-0.4, -0.2) is 32.0 Å². The molecule has 0 unspecified atom stereocenters. The first-order valence-corrected chi connectivity index (χ1v) is 9.90. The van der Waals surface area contributed by atoms with Crippen molar-refractivity contribution in [1.29, 1.82) is 0 Å². The Morgan fingerprint density at radius 1 is 1.39 bits per heavy atom. The molecule has 0 N–H and O–H groups in total. The zero-order chi connectivity index (χ0) is 17.0. The highest BCUT2D eigenvalue weighted by Gasteiger charge is 2.20. The molecule has 2 aromatic rings. The molecule has 0 saturated heterocycles. The molecule has 0 fully saturated rings. The molecule has 7 heteroatoms. The van der Waals surface area contributed by atoms with Crippen LogP contribution in [0.15, 0.2) is 53.3 Å². The molecule has 23 heavy (non-hydrogen) atoms. The second-order valence-corrected chi connectivity index (χ2v) is 8.42. The Balaban J connectivity index is 2.37. The van der Waals surface area contributed by atoms with E-state index in [-0.39, 0.29) is 21.4 Å². The van der Waals surface area contributed by atoms with Gasteiger partial charge < -0.3 is 4.90 Å². The highest BCUT2D eigenvalue weighted by atomic mass is 35.5. The van der Waals surface area contributed by atoms with E-state index in [0.717, 1.165) is 11.1 Å². The first kappa shape index (κ1) is 17.7. The summed E-state index contributed by atoms with van der Waals surface area (Å²) in [5, 5.41) is 2.16. The minimum Gasteiger partial charge on any atom is -0.330 e. The van der Waals surface area contributed by atoms with Gasteiger partial charge in [0.2, 0.25) is 0 Å². The lowest BCUT2D eigenvalue weighted by Gasteiger charge is -2.21. The number of amides is 1. The Kier molecular flexibility index (Phi) is 5.62. The third-order valence-corrected chi connectivity index (χ3v) is 5.46. The van der Waals surface area contributed by atoms with Crippen molar-refractivity contribution in [2.45, 2.75) is 11.4 Å². The number of hydrogen-bond donors (Lipinski definition) is 0. The van der Waals surface area contributed by atoms with Crippen molar-refractivity contribution in [2.75, 3.05) is 12.8 Å². The third kappa shape index (κ3) is 4.43. The summed E-state index contributed by atoms with van der Waals surface area (Å²) in [5.74, 6) is -0.325. The van der Waals surface area contributed by atoms with Crippen molar-refractivity contribution in [3.8, 4) is 0 Å². The van der Waals surface area contributed by atoms with Gasteiger partial charge in [-0.05, 0) is 29.6 Å². The van der Waals surface area contributed by atoms with Crippen molar-refractivity contribution in [3.63, 3.8) is 0 Å². The predicted molar refractivity (Wildman–Crippen MR) is 93.8 cm³/mol. The second-order valence-electron chi connectivity index (χ2n) is 4.97. The summed E-state index contributed by atoms with van der Waals surface area (Å²) in [6.07, 6.45) is 2.72. The molecule has 4 nitrogen and oxygen atoms in total. The maximum absolute atomic E-state index is 12.8. The van der Waals surface area contributed by atoms with Crippen LogP contribution in [0.4, 0.5) is 0 Å². The van der Waals surface area contributed by atoms with E-state index >= 15 is 0 Å². The number of carbonyl (C=O) groups is 1. The quantitative estimate of drug-likeness (QED) is 0.730. The first-order chi connectivity index (χ1) is 10.8. The maximum atomic E-state index is 12.8. The molecule has 0 aliphatic carbocycles. The minimum atomic E-state index is -3.41. The van der Waals surface area contributed by atoms with Crippen molar-refractivity contribution < 1.29 is 13.2 Å². The first-order valence-electron chi connectivity index (χ1n) is 6.75. The topological polar surface area (TPSA) is 54.5 Å². The summed E-state index contributed by atoms with van der Waals surface area (Å²) in [7, 11) is -3.41. The zero-order valence-corrected chi connectivity index (χ0v) is 14.9.